The number of carbonyl (C=O) groups excluding carboxylic acids is 2. The molecular formula is C21H22N4O3. The summed E-state index contributed by atoms with van der Waals surface area (Å²) in [5, 5.41) is 10.8. The highest BCUT2D eigenvalue weighted by molar-refractivity contribution is 6.11. The molecular weight excluding hydrogens is 356 g/mol. The molecule has 0 bridgehead atoms. The fourth-order valence-corrected chi connectivity index (χ4v) is 2.80. The van der Waals surface area contributed by atoms with E-state index in [9.17, 15) is 14.4 Å². The van der Waals surface area contributed by atoms with E-state index < -0.39 is 5.91 Å². The van der Waals surface area contributed by atoms with Gasteiger partial charge in [-0.1, -0.05) is 25.1 Å². The number of hydrogen-bond donors (Lipinski definition) is 2. The fraction of sp³-hybridized carbons (Fsp3) is 0.238. The molecule has 7 heteroatoms. The van der Waals surface area contributed by atoms with E-state index in [4.69, 9.17) is 0 Å². The minimum Gasteiger partial charge on any atom is -0.326 e. The lowest BCUT2D eigenvalue weighted by Crippen LogP contribution is -2.28. The van der Waals surface area contributed by atoms with Crippen molar-refractivity contribution in [1.29, 1.82) is 0 Å². The highest BCUT2D eigenvalue weighted by atomic mass is 16.2. The topological polar surface area (TPSA) is 93.1 Å². The van der Waals surface area contributed by atoms with Gasteiger partial charge in [-0.25, -0.2) is 4.68 Å². The van der Waals surface area contributed by atoms with Crippen molar-refractivity contribution in [3.05, 3.63) is 64.6 Å². The van der Waals surface area contributed by atoms with Gasteiger partial charge in [0.05, 0.1) is 11.4 Å². The average molecular weight is 378 g/mol. The number of rotatable bonds is 5. The third-order valence-electron chi connectivity index (χ3n) is 4.28. The molecule has 2 aromatic carbocycles. The molecule has 144 valence electrons. The first kappa shape index (κ1) is 19.3. The van der Waals surface area contributed by atoms with E-state index >= 15 is 0 Å². The zero-order valence-electron chi connectivity index (χ0n) is 16.0. The lowest BCUT2D eigenvalue weighted by Gasteiger charge is -2.13. The van der Waals surface area contributed by atoms with Crippen molar-refractivity contribution < 1.29 is 9.59 Å². The van der Waals surface area contributed by atoms with Crippen LogP contribution in [0.2, 0.25) is 0 Å². The number of amides is 2. The number of aromatic nitrogens is 2. The molecule has 3 rings (SSSR count). The monoisotopic (exact) mass is 378 g/mol. The van der Waals surface area contributed by atoms with E-state index in [1.54, 1.807) is 55.5 Å². The molecule has 0 atom stereocenters. The molecule has 28 heavy (non-hydrogen) atoms. The first-order valence-electron chi connectivity index (χ1n) is 9.13. The van der Waals surface area contributed by atoms with Crippen molar-refractivity contribution >= 4 is 34.0 Å². The van der Waals surface area contributed by atoms with Gasteiger partial charge in [0.1, 0.15) is 0 Å². The third-order valence-corrected chi connectivity index (χ3v) is 4.28. The quantitative estimate of drug-likeness (QED) is 0.710. The van der Waals surface area contributed by atoms with E-state index in [2.05, 4.69) is 15.7 Å². The highest BCUT2D eigenvalue weighted by Gasteiger charge is 2.18. The summed E-state index contributed by atoms with van der Waals surface area (Å²) in [7, 11) is 0. The van der Waals surface area contributed by atoms with Gasteiger partial charge in [0, 0.05) is 23.2 Å². The van der Waals surface area contributed by atoms with Gasteiger partial charge in [-0.15, -0.1) is 0 Å². The van der Waals surface area contributed by atoms with Crippen LogP contribution in [0.25, 0.3) is 10.8 Å². The molecule has 1 heterocycles. The van der Waals surface area contributed by atoms with E-state index in [0.717, 1.165) is 0 Å². The van der Waals surface area contributed by atoms with Crippen LogP contribution < -0.4 is 16.2 Å². The van der Waals surface area contributed by atoms with Gasteiger partial charge in [0.25, 0.3) is 11.5 Å². The summed E-state index contributed by atoms with van der Waals surface area (Å²) in [5.41, 5.74) is 1.18. The van der Waals surface area contributed by atoms with Crippen LogP contribution in [0.4, 0.5) is 11.4 Å². The summed E-state index contributed by atoms with van der Waals surface area (Å²) >= 11 is 0. The molecule has 0 aliphatic heterocycles. The molecule has 0 saturated carbocycles. The molecule has 0 aliphatic carbocycles. The Bertz CT molecular complexity index is 1080. The maximum atomic E-state index is 12.9. The normalized spacial score (nSPS) is 10.9. The van der Waals surface area contributed by atoms with Crippen LogP contribution >= 0.6 is 0 Å². The minimum atomic E-state index is -0.407. The summed E-state index contributed by atoms with van der Waals surface area (Å²) in [6.07, 6.45) is 0.392. The van der Waals surface area contributed by atoms with E-state index in [-0.39, 0.29) is 23.2 Å². The van der Waals surface area contributed by atoms with Crippen LogP contribution in [0.15, 0.2) is 53.3 Å². The van der Waals surface area contributed by atoms with Crippen LogP contribution in [0.5, 0.6) is 0 Å². The number of fused-ring (bicyclic) bond motifs is 1. The predicted molar refractivity (Wildman–Crippen MR) is 110 cm³/mol. The van der Waals surface area contributed by atoms with Gasteiger partial charge in [-0.2, -0.15) is 5.10 Å². The van der Waals surface area contributed by atoms with Crippen molar-refractivity contribution in [3.8, 4) is 0 Å². The van der Waals surface area contributed by atoms with Gasteiger partial charge in [-0.05, 0) is 44.2 Å². The largest absolute Gasteiger partial charge is 0.326 e. The Balaban J connectivity index is 1.92. The van der Waals surface area contributed by atoms with Crippen molar-refractivity contribution in [3.63, 3.8) is 0 Å². The molecule has 0 aliphatic rings. The summed E-state index contributed by atoms with van der Waals surface area (Å²) < 4.78 is 1.32. The molecule has 0 spiro atoms. The molecule has 0 saturated heterocycles. The molecule has 7 nitrogen and oxygen atoms in total. The van der Waals surface area contributed by atoms with E-state index in [1.807, 2.05) is 13.8 Å². The Hall–Kier alpha value is -3.48. The first-order chi connectivity index (χ1) is 13.4. The van der Waals surface area contributed by atoms with Crippen molar-refractivity contribution in [2.45, 2.75) is 33.2 Å². The SMILES string of the molecule is CCC(=O)Nc1ccc(NC(=O)c2nn(C(C)C)c(=O)c3ccccc23)cc1. The maximum absolute atomic E-state index is 12.9. The molecule has 3 aromatic rings. The zero-order valence-corrected chi connectivity index (χ0v) is 16.0. The average Bonchev–Trinajstić information content (AvgIpc) is 2.69. The summed E-state index contributed by atoms with van der Waals surface area (Å²) in [6, 6.07) is 13.6. The Labute approximate surface area is 162 Å². The Morgan fingerprint density at radius 2 is 1.54 bits per heavy atom. The summed E-state index contributed by atoms with van der Waals surface area (Å²) in [4.78, 5) is 36.9. The van der Waals surface area contributed by atoms with Crippen LogP contribution in [-0.4, -0.2) is 21.6 Å². The van der Waals surface area contributed by atoms with Crippen molar-refractivity contribution in [2.75, 3.05) is 10.6 Å². The third kappa shape index (κ3) is 3.93. The van der Waals surface area contributed by atoms with Gasteiger partial charge in [-0.3, -0.25) is 14.4 Å². The van der Waals surface area contributed by atoms with E-state index in [1.165, 1.54) is 4.68 Å². The molecule has 2 amide bonds. The number of anilines is 2. The zero-order chi connectivity index (χ0) is 20.3. The second-order valence-electron chi connectivity index (χ2n) is 6.67. The highest BCUT2D eigenvalue weighted by Crippen LogP contribution is 2.18. The number of hydrogen-bond acceptors (Lipinski definition) is 4. The first-order valence-corrected chi connectivity index (χ1v) is 9.13. The molecule has 2 N–H and O–H groups in total. The van der Waals surface area contributed by atoms with Gasteiger partial charge >= 0.3 is 0 Å². The summed E-state index contributed by atoms with van der Waals surface area (Å²) in [5.74, 6) is -0.487. The van der Waals surface area contributed by atoms with Gasteiger partial charge < -0.3 is 10.6 Å². The number of benzene rings is 2. The van der Waals surface area contributed by atoms with Crippen LogP contribution in [-0.2, 0) is 4.79 Å². The Morgan fingerprint density at radius 1 is 0.964 bits per heavy atom. The second-order valence-corrected chi connectivity index (χ2v) is 6.67. The number of carbonyl (C=O) groups is 2. The smallest absolute Gasteiger partial charge is 0.276 e. The number of nitrogens with zero attached hydrogens (tertiary/aromatic N) is 2. The minimum absolute atomic E-state index is 0.0802. The molecule has 0 unspecified atom stereocenters. The molecule has 0 fully saturated rings. The fourth-order valence-electron chi connectivity index (χ4n) is 2.80. The van der Waals surface area contributed by atoms with Crippen LogP contribution in [0.1, 0.15) is 43.7 Å². The Kier molecular flexibility index (Phi) is 5.54. The van der Waals surface area contributed by atoms with Gasteiger partial charge in [0.15, 0.2) is 5.69 Å². The summed E-state index contributed by atoms with van der Waals surface area (Å²) in [6.45, 7) is 5.46. The molecule has 0 radical (unpaired) electrons. The maximum Gasteiger partial charge on any atom is 0.276 e. The van der Waals surface area contributed by atoms with Gasteiger partial charge in [0.2, 0.25) is 5.91 Å². The van der Waals surface area contributed by atoms with Crippen molar-refractivity contribution in [2.24, 2.45) is 0 Å². The van der Waals surface area contributed by atoms with Crippen LogP contribution in [0, 0.1) is 0 Å². The lowest BCUT2D eigenvalue weighted by molar-refractivity contribution is -0.115. The predicted octanol–water partition coefficient (Wildman–Crippen LogP) is 3.58. The van der Waals surface area contributed by atoms with Crippen molar-refractivity contribution in [1.82, 2.24) is 9.78 Å². The standard InChI is InChI=1S/C21H22N4O3/c1-4-18(26)22-14-9-11-15(12-10-14)23-20(27)19-16-7-5-6-8-17(16)21(28)25(24-19)13(2)3/h5-13H,4H2,1-3H3,(H,22,26)(H,23,27). The van der Waals surface area contributed by atoms with E-state index in [0.29, 0.717) is 28.6 Å². The Morgan fingerprint density at radius 3 is 2.11 bits per heavy atom. The number of nitrogens with one attached hydrogen (secondary N) is 2. The molecule has 1 aromatic heterocycles. The second kappa shape index (κ2) is 8.04. The van der Waals surface area contributed by atoms with Crippen LogP contribution in [0.3, 0.4) is 0 Å². The lowest BCUT2D eigenvalue weighted by atomic mass is 10.1.